The lowest BCUT2D eigenvalue weighted by molar-refractivity contribution is 0.294. The Morgan fingerprint density at radius 1 is 1.35 bits per heavy atom. The molecule has 0 aliphatic heterocycles. The van der Waals surface area contributed by atoms with Gasteiger partial charge in [-0.05, 0) is 38.9 Å². The van der Waals surface area contributed by atoms with Gasteiger partial charge in [0.15, 0.2) is 0 Å². The van der Waals surface area contributed by atoms with E-state index in [-0.39, 0.29) is 0 Å². The van der Waals surface area contributed by atoms with E-state index in [1.54, 1.807) is 0 Å². The summed E-state index contributed by atoms with van der Waals surface area (Å²) < 4.78 is 2.12. The van der Waals surface area contributed by atoms with Gasteiger partial charge in [-0.1, -0.05) is 13.8 Å². The highest BCUT2D eigenvalue weighted by Crippen LogP contribution is 2.04. The Morgan fingerprint density at radius 2 is 2.12 bits per heavy atom. The molecule has 1 rings (SSSR count). The number of imidazole rings is 1. The molecule has 98 valence electrons. The first-order valence-electron chi connectivity index (χ1n) is 6.49. The fourth-order valence-electron chi connectivity index (χ4n) is 1.76. The summed E-state index contributed by atoms with van der Waals surface area (Å²) in [5.41, 5.74) is 6.03. The molecule has 0 spiro atoms. The maximum absolute atomic E-state index is 6.03. The van der Waals surface area contributed by atoms with Gasteiger partial charge in [-0.3, -0.25) is 0 Å². The van der Waals surface area contributed by atoms with Crippen molar-refractivity contribution < 1.29 is 0 Å². The maximum atomic E-state index is 6.03. The zero-order chi connectivity index (χ0) is 12.7. The van der Waals surface area contributed by atoms with Gasteiger partial charge in [0.25, 0.3) is 0 Å². The van der Waals surface area contributed by atoms with Crippen LogP contribution in [0, 0.1) is 5.92 Å². The molecule has 2 N–H and O–H groups in total. The molecule has 0 radical (unpaired) electrons. The Hall–Kier alpha value is -0.870. The highest BCUT2D eigenvalue weighted by molar-refractivity contribution is 4.74. The van der Waals surface area contributed by atoms with Gasteiger partial charge in [0.1, 0.15) is 0 Å². The number of hydrogen-bond acceptors (Lipinski definition) is 3. The molecule has 4 nitrogen and oxygen atoms in total. The molecule has 1 unspecified atom stereocenters. The van der Waals surface area contributed by atoms with Crippen LogP contribution in [0.3, 0.4) is 0 Å². The van der Waals surface area contributed by atoms with Crippen LogP contribution in [0.1, 0.15) is 26.7 Å². The molecule has 0 bridgehead atoms. The first kappa shape index (κ1) is 14.2. The van der Waals surface area contributed by atoms with E-state index in [1.165, 1.54) is 0 Å². The van der Waals surface area contributed by atoms with Gasteiger partial charge in [0.05, 0.1) is 6.33 Å². The lowest BCUT2D eigenvalue weighted by atomic mass is 10.0. The van der Waals surface area contributed by atoms with Crippen molar-refractivity contribution in [3.8, 4) is 0 Å². The van der Waals surface area contributed by atoms with Crippen molar-refractivity contribution in [2.45, 2.75) is 39.3 Å². The molecule has 1 atom stereocenters. The fraction of sp³-hybridized carbons (Fsp3) is 0.769. The van der Waals surface area contributed by atoms with E-state index < -0.39 is 0 Å². The van der Waals surface area contributed by atoms with Crippen molar-refractivity contribution in [2.75, 3.05) is 20.1 Å². The van der Waals surface area contributed by atoms with E-state index in [0.717, 1.165) is 32.5 Å². The van der Waals surface area contributed by atoms with Crippen LogP contribution in [0.2, 0.25) is 0 Å². The zero-order valence-electron chi connectivity index (χ0n) is 11.3. The minimum atomic E-state index is 0.325. The molecular formula is C13H26N4. The summed E-state index contributed by atoms with van der Waals surface area (Å²) in [6.07, 6.45) is 7.94. The van der Waals surface area contributed by atoms with E-state index in [4.69, 9.17) is 5.73 Å². The second-order valence-corrected chi connectivity index (χ2v) is 5.15. The van der Waals surface area contributed by atoms with Gasteiger partial charge >= 0.3 is 0 Å². The summed E-state index contributed by atoms with van der Waals surface area (Å²) in [4.78, 5) is 6.39. The third kappa shape index (κ3) is 5.84. The van der Waals surface area contributed by atoms with Crippen LogP contribution in [0.4, 0.5) is 0 Å². The van der Waals surface area contributed by atoms with Crippen molar-refractivity contribution >= 4 is 0 Å². The van der Waals surface area contributed by atoms with Gasteiger partial charge in [0.2, 0.25) is 0 Å². The van der Waals surface area contributed by atoms with E-state index in [0.29, 0.717) is 12.0 Å². The van der Waals surface area contributed by atoms with Crippen LogP contribution >= 0.6 is 0 Å². The van der Waals surface area contributed by atoms with Gasteiger partial charge < -0.3 is 15.2 Å². The Morgan fingerprint density at radius 3 is 2.71 bits per heavy atom. The van der Waals surface area contributed by atoms with E-state index >= 15 is 0 Å². The number of nitrogens with zero attached hydrogens (tertiary/aromatic N) is 3. The topological polar surface area (TPSA) is 47.1 Å². The molecule has 0 saturated carbocycles. The molecule has 0 aromatic carbocycles. The highest BCUT2D eigenvalue weighted by atomic mass is 15.1. The van der Waals surface area contributed by atoms with Crippen LogP contribution in [0.5, 0.6) is 0 Å². The molecular weight excluding hydrogens is 212 g/mol. The molecule has 17 heavy (non-hydrogen) atoms. The molecule has 0 fully saturated rings. The number of hydrogen-bond donors (Lipinski definition) is 1. The summed E-state index contributed by atoms with van der Waals surface area (Å²) in [5.74, 6) is 0.578. The second kappa shape index (κ2) is 7.45. The third-order valence-corrected chi connectivity index (χ3v) is 3.22. The van der Waals surface area contributed by atoms with Gasteiger partial charge in [-0.15, -0.1) is 0 Å². The zero-order valence-corrected chi connectivity index (χ0v) is 11.3. The number of aryl methyl sites for hydroxylation is 1. The van der Waals surface area contributed by atoms with Crippen LogP contribution in [-0.2, 0) is 6.54 Å². The SMILES string of the molecule is CC(C)C(N)CCN(C)CCCn1ccnc1. The first-order chi connectivity index (χ1) is 8.09. The van der Waals surface area contributed by atoms with Gasteiger partial charge in [-0.2, -0.15) is 0 Å². The molecule has 0 amide bonds. The summed E-state index contributed by atoms with van der Waals surface area (Å²) in [6.45, 7) is 7.61. The van der Waals surface area contributed by atoms with Crippen LogP contribution in [-0.4, -0.2) is 40.6 Å². The Balaban J connectivity index is 2.07. The summed E-state index contributed by atoms with van der Waals surface area (Å²) in [6, 6.07) is 0.325. The van der Waals surface area contributed by atoms with Crippen LogP contribution < -0.4 is 5.73 Å². The van der Waals surface area contributed by atoms with Gasteiger partial charge in [0, 0.05) is 25.0 Å². The number of rotatable bonds is 8. The second-order valence-electron chi connectivity index (χ2n) is 5.15. The van der Waals surface area contributed by atoms with Crippen LogP contribution in [0.15, 0.2) is 18.7 Å². The minimum absolute atomic E-state index is 0.325. The number of aromatic nitrogens is 2. The first-order valence-corrected chi connectivity index (χ1v) is 6.49. The smallest absolute Gasteiger partial charge is 0.0945 e. The van der Waals surface area contributed by atoms with Crippen molar-refractivity contribution in [1.29, 1.82) is 0 Å². The minimum Gasteiger partial charge on any atom is -0.337 e. The summed E-state index contributed by atoms with van der Waals surface area (Å²) in [7, 11) is 2.17. The maximum Gasteiger partial charge on any atom is 0.0945 e. The van der Waals surface area contributed by atoms with Crippen molar-refractivity contribution in [2.24, 2.45) is 11.7 Å². The summed E-state index contributed by atoms with van der Waals surface area (Å²) in [5, 5.41) is 0. The third-order valence-electron chi connectivity index (χ3n) is 3.22. The van der Waals surface area contributed by atoms with Crippen molar-refractivity contribution in [3.63, 3.8) is 0 Å². The normalized spacial score (nSPS) is 13.5. The van der Waals surface area contributed by atoms with Gasteiger partial charge in [-0.25, -0.2) is 4.98 Å². The number of nitrogens with two attached hydrogens (primary N) is 1. The quantitative estimate of drug-likeness (QED) is 0.748. The summed E-state index contributed by atoms with van der Waals surface area (Å²) >= 11 is 0. The average Bonchev–Trinajstić information content (AvgIpc) is 2.78. The van der Waals surface area contributed by atoms with Crippen LogP contribution in [0.25, 0.3) is 0 Å². The fourth-order valence-corrected chi connectivity index (χ4v) is 1.76. The van der Waals surface area contributed by atoms with Crippen molar-refractivity contribution in [3.05, 3.63) is 18.7 Å². The highest BCUT2D eigenvalue weighted by Gasteiger charge is 2.08. The molecule has 0 saturated heterocycles. The largest absolute Gasteiger partial charge is 0.337 e. The molecule has 0 aliphatic carbocycles. The molecule has 1 aromatic rings. The molecule has 1 aromatic heterocycles. The molecule has 1 heterocycles. The standard InChI is InChI=1S/C13H26N4/c1-12(2)13(14)5-9-16(3)7-4-8-17-10-6-15-11-17/h6,10-13H,4-5,7-9,14H2,1-3H3. The average molecular weight is 238 g/mol. The Kier molecular flexibility index (Phi) is 6.22. The molecule has 4 heteroatoms. The van der Waals surface area contributed by atoms with E-state index in [2.05, 4.69) is 35.3 Å². The molecule has 0 aliphatic rings. The Labute approximate surface area is 105 Å². The lowest BCUT2D eigenvalue weighted by Gasteiger charge is -2.21. The predicted molar refractivity (Wildman–Crippen MR) is 71.8 cm³/mol. The monoisotopic (exact) mass is 238 g/mol. The Bertz CT molecular complexity index is 282. The van der Waals surface area contributed by atoms with E-state index in [1.807, 2.05) is 18.7 Å². The van der Waals surface area contributed by atoms with E-state index in [9.17, 15) is 0 Å². The lowest BCUT2D eigenvalue weighted by Crippen LogP contribution is -2.32. The predicted octanol–water partition coefficient (Wildman–Crippen LogP) is 1.58. The van der Waals surface area contributed by atoms with Crippen molar-refractivity contribution in [1.82, 2.24) is 14.5 Å².